The van der Waals surface area contributed by atoms with Crippen molar-refractivity contribution >= 4 is 45.2 Å². The smallest absolute Gasteiger partial charge is 0.332 e. The third-order valence-corrected chi connectivity index (χ3v) is 7.08. The predicted molar refractivity (Wildman–Crippen MR) is 117 cm³/mol. The van der Waals surface area contributed by atoms with Crippen molar-refractivity contribution in [3.8, 4) is 6.07 Å². The van der Waals surface area contributed by atoms with Crippen molar-refractivity contribution in [3.05, 3.63) is 41.7 Å². The molecule has 3 aromatic rings. The van der Waals surface area contributed by atoms with E-state index in [1.54, 1.807) is 29.0 Å². The number of rotatable bonds is 4. The van der Waals surface area contributed by atoms with Crippen LogP contribution in [0.2, 0.25) is 0 Å². The average Bonchev–Trinajstić information content (AvgIpc) is 3.46. The minimum absolute atomic E-state index is 0.157. The summed E-state index contributed by atoms with van der Waals surface area (Å²) in [4.78, 5) is 35.1. The first-order valence-electron chi connectivity index (χ1n) is 10.0. The summed E-state index contributed by atoms with van der Waals surface area (Å²) in [6, 6.07) is 1.16. The van der Waals surface area contributed by atoms with Crippen LogP contribution in [0.3, 0.4) is 0 Å². The number of hydrogen-bond acceptors (Lipinski definition) is 8. The first kappa shape index (κ1) is 20.3. The highest BCUT2D eigenvalue weighted by Gasteiger charge is 2.50. The number of pyridine rings is 1. The summed E-state index contributed by atoms with van der Waals surface area (Å²) in [7, 11) is 1.75. The number of fused-ring (bicyclic) bond motifs is 2. The molecule has 1 saturated heterocycles. The molecule has 0 radical (unpaired) electrons. The molecule has 2 unspecified atom stereocenters. The van der Waals surface area contributed by atoms with Crippen molar-refractivity contribution in [1.29, 1.82) is 5.26 Å². The fraction of sp³-hybridized carbons (Fsp3) is 0.333. The molecule has 3 amide bonds. The van der Waals surface area contributed by atoms with E-state index >= 15 is 0 Å². The molecule has 2 aliphatic heterocycles. The highest BCUT2D eigenvalue weighted by molar-refractivity contribution is 8.09. The van der Waals surface area contributed by atoms with Gasteiger partial charge in [0, 0.05) is 30.1 Å². The number of urea groups is 1. The maximum Gasteiger partial charge on any atom is 0.332 e. The lowest BCUT2D eigenvalue weighted by Gasteiger charge is -2.40. The summed E-state index contributed by atoms with van der Waals surface area (Å²) in [6.07, 6.45) is 6.86. The van der Waals surface area contributed by atoms with Gasteiger partial charge in [-0.3, -0.25) is 14.5 Å². The van der Waals surface area contributed by atoms with Gasteiger partial charge in [-0.2, -0.15) is 10.4 Å². The van der Waals surface area contributed by atoms with E-state index in [0.717, 1.165) is 21.5 Å². The van der Waals surface area contributed by atoms with Gasteiger partial charge in [0.1, 0.15) is 11.0 Å². The maximum absolute atomic E-state index is 13.7. The van der Waals surface area contributed by atoms with E-state index < -0.39 is 17.3 Å². The molecule has 0 aliphatic carbocycles. The molecule has 0 saturated carbocycles. The predicted octanol–water partition coefficient (Wildman–Crippen LogP) is 2.78. The number of imide groups is 1. The maximum atomic E-state index is 13.7. The molecule has 2 atom stereocenters. The molecule has 0 spiro atoms. The van der Waals surface area contributed by atoms with E-state index in [-0.39, 0.29) is 18.9 Å². The van der Waals surface area contributed by atoms with Crippen LogP contribution in [0.15, 0.2) is 29.2 Å². The molecule has 5 heterocycles. The van der Waals surface area contributed by atoms with Crippen LogP contribution in [0.1, 0.15) is 23.4 Å². The van der Waals surface area contributed by atoms with Crippen molar-refractivity contribution in [3.63, 3.8) is 0 Å². The number of aryl methyl sites for hydroxylation is 3. The number of carbonyl (C=O) groups excluding carboxylic acids is 2. The second kappa shape index (κ2) is 7.49. The molecular formula is C21H19N7O3S. The van der Waals surface area contributed by atoms with Crippen LogP contribution < -0.4 is 4.90 Å². The molecule has 162 valence electrons. The fourth-order valence-electron chi connectivity index (χ4n) is 4.31. The molecule has 32 heavy (non-hydrogen) atoms. The normalized spacial score (nSPS) is 20.6. The van der Waals surface area contributed by atoms with Crippen LogP contribution in [0.25, 0.3) is 15.8 Å². The SMILES string of the molecule is Cc1noc(C)c1C1=CC2C(S1)C(=O)N(c1cncc3cnn(C)c13)C(=O)N2CCC#N. The Morgan fingerprint density at radius 1 is 1.25 bits per heavy atom. The lowest BCUT2D eigenvalue weighted by Crippen LogP contribution is -2.62. The Morgan fingerprint density at radius 3 is 2.78 bits per heavy atom. The molecule has 5 rings (SSSR count). The average molecular weight is 449 g/mol. The van der Waals surface area contributed by atoms with Crippen molar-refractivity contribution in [1.82, 2.24) is 24.8 Å². The van der Waals surface area contributed by atoms with Crippen LogP contribution in [0, 0.1) is 25.2 Å². The lowest BCUT2D eigenvalue weighted by molar-refractivity contribution is -0.119. The van der Waals surface area contributed by atoms with Crippen molar-refractivity contribution < 1.29 is 14.1 Å². The van der Waals surface area contributed by atoms with Crippen LogP contribution in [-0.2, 0) is 11.8 Å². The van der Waals surface area contributed by atoms with E-state index in [0.29, 0.717) is 17.0 Å². The van der Waals surface area contributed by atoms with Gasteiger partial charge in [-0.15, -0.1) is 11.8 Å². The van der Waals surface area contributed by atoms with Gasteiger partial charge in [-0.05, 0) is 19.9 Å². The van der Waals surface area contributed by atoms with Gasteiger partial charge in [0.25, 0.3) is 5.91 Å². The van der Waals surface area contributed by atoms with Gasteiger partial charge in [-0.25, -0.2) is 9.69 Å². The van der Waals surface area contributed by atoms with Gasteiger partial charge >= 0.3 is 6.03 Å². The van der Waals surface area contributed by atoms with Gasteiger partial charge < -0.3 is 9.42 Å². The first-order chi connectivity index (χ1) is 15.4. The first-order valence-corrected chi connectivity index (χ1v) is 10.9. The zero-order chi connectivity index (χ0) is 22.6. The number of carbonyl (C=O) groups is 2. The third kappa shape index (κ3) is 2.90. The zero-order valence-corrected chi connectivity index (χ0v) is 18.5. The Hall–Kier alpha value is -3.65. The van der Waals surface area contributed by atoms with Gasteiger partial charge in [0.15, 0.2) is 0 Å². The van der Waals surface area contributed by atoms with Gasteiger partial charge in [0.2, 0.25) is 0 Å². The van der Waals surface area contributed by atoms with E-state index in [1.165, 1.54) is 22.9 Å². The molecule has 1 fully saturated rings. The zero-order valence-electron chi connectivity index (χ0n) is 17.6. The fourth-order valence-corrected chi connectivity index (χ4v) is 5.78. The molecule has 11 heteroatoms. The highest BCUT2D eigenvalue weighted by atomic mass is 32.2. The number of aromatic nitrogens is 4. The standard InChI is InChI=1S/C21H19N7O3S/c1-11-17(12(2)31-25-11)16-7-14-19(32-16)20(29)28(21(30)27(14)6-4-5-22)15-10-23-8-13-9-24-26(3)18(13)15/h7-10,14,19H,4,6H2,1-3H3. The molecule has 10 nitrogen and oxygen atoms in total. The van der Waals surface area contributed by atoms with Crippen molar-refractivity contribution in [2.75, 3.05) is 11.4 Å². The largest absolute Gasteiger partial charge is 0.361 e. The van der Waals surface area contributed by atoms with Crippen molar-refractivity contribution in [2.24, 2.45) is 7.05 Å². The van der Waals surface area contributed by atoms with Gasteiger partial charge in [-0.1, -0.05) is 5.16 Å². The molecule has 3 aromatic heterocycles. The topological polar surface area (TPSA) is 121 Å². The van der Waals surface area contributed by atoms with Gasteiger partial charge in [0.05, 0.1) is 53.4 Å². The van der Waals surface area contributed by atoms with Crippen LogP contribution >= 0.6 is 11.8 Å². The second-order valence-electron chi connectivity index (χ2n) is 7.68. The molecular weight excluding hydrogens is 430 g/mol. The number of hydrogen-bond donors (Lipinski definition) is 0. The second-order valence-corrected chi connectivity index (χ2v) is 8.86. The van der Waals surface area contributed by atoms with Crippen LogP contribution in [0.5, 0.6) is 0 Å². The summed E-state index contributed by atoms with van der Waals surface area (Å²) >= 11 is 1.39. The summed E-state index contributed by atoms with van der Waals surface area (Å²) in [5, 5.41) is 17.6. The minimum atomic E-state index is -0.557. The summed E-state index contributed by atoms with van der Waals surface area (Å²) in [6.45, 7) is 3.87. The van der Waals surface area contributed by atoms with E-state index in [1.807, 2.05) is 19.9 Å². The van der Waals surface area contributed by atoms with E-state index in [2.05, 4.69) is 21.3 Å². The molecule has 0 bridgehead atoms. The summed E-state index contributed by atoms with van der Waals surface area (Å²) < 4.78 is 6.92. The summed E-state index contributed by atoms with van der Waals surface area (Å²) in [5.74, 6) is 0.328. The monoisotopic (exact) mass is 449 g/mol. The molecule has 0 aromatic carbocycles. The van der Waals surface area contributed by atoms with Crippen LogP contribution in [0.4, 0.5) is 10.5 Å². The summed E-state index contributed by atoms with van der Waals surface area (Å²) in [5.41, 5.74) is 2.58. The Bertz CT molecular complexity index is 1320. The Morgan fingerprint density at radius 2 is 2.06 bits per heavy atom. The van der Waals surface area contributed by atoms with E-state index in [4.69, 9.17) is 9.78 Å². The Balaban J connectivity index is 1.61. The highest BCUT2D eigenvalue weighted by Crippen LogP contribution is 2.47. The molecule has 0 N–H and O–H groups in total. The lowest BCUT2D eigenvalue weighted by atomic mass is 10.0. The number of thioether (sulfide) groups is 1. The minimum Gasteiger partial charge on any atom is -0.361 e. The number of nitrogens with zero attached hydrogens (tertiary/aromatic N) is 7. The van der Waals surface area contributed by atoms with E-state index in [9.17, 15) is 9.59 Å². The number of amides is 3. The third-order valence-electron chi connectivity index (χ3n) is 5.75. The number of anilines is 1. The quantitative estimate of drug-likeness (QED) is 0.596. The Kier molecular flexibility index (Phi) is 4.74. The molecule has 2 aliphatic rings. The van der Waals surface area contributed by atoms with Crippen LogP contribution in [-0.4, -0.2) is 54.6 Å². The number of nitriles is 1. The van der Waals surface area contributed by atoms with Crippen molar-refractivity contribution in [2.45, 2.75) is 31.6 Å². The Labute approximate surface area is 187 Å².